The molecule has 16 heavy (non-hydrogen) atoms. The summed E-state index contributed by atoms with van der Waals surface area (Å²) >= 11 is 0. The fraction of sp³-hybridized carbons (Fsp3) is 0.100. The number of carbonyl (C=O) groups excluding carboxylic acids is 1. The Morgan fingerprint density at radius 2 is 1.88 bits per heavy atom. The fourth-order valence-electron chi connectivity index (χ4n) is 1.17. The number of rotatable bonds is 2. The van der Waals surface area contributed by atoms with Crippen LogP contribution in [0.1, 0.15) is 17.6 Å². The monoisotopic (exact) mass is 224 g/mol. The quantitative estimate of drug-likeness (QED) is 0.734. The van der Waals surface area contributed by atoms with Gasteiger partial charge >= 0.3 is 0 Å². The highest BCUT2D eigenvalue weighted by molar-refractivity contribution is 5.89. The molecule has 0 radical (unpaired) electrons. The van der Waals surface area contributed by atoms with Crippen LogP contribution < -0.4 is 0 Å². The Kier molecular flexibility index (Phi) is 2.47. The Bertz CT molecular complexity index is 531. The van der Waals surface area contributed by atoms with Crippen LogP contribution >= 0.6 is 0 Å². The first-order valence-corrected chi connectivity index (χ1v) is 4.37. The average molecular weight is 224 g/mol. The summed E-state index contributed by atoms with van der Waals surface area (Å²) in [5.41, 5.74) is 0.119. The third kappa shape index (κ3) is 1.95. The molecular formula is C10H6F2N2O2. The van der Waals surface area contributed by atoms with Crippen LogP contribution in [-0.4, -0.2) is 15.9 Å². The van der Waals surface area contributed by atoms with Gasteiger partial charge in [0, 0.05) is 18.6 Å². The normalized spacial score (nSPS) is 10.4. The van der Waals surface area contributed by atoms with Crippen LogP contribution in [-0.2, 0) is 0 Å². The molecule has 0 amide bonds. The molecule has 0 aliphatic heterocycles. The maximum Gasteiger partial charge on any atom is 0.294 e. The molecule has 0 aliphatic rings. The van der Waals surface area contributed by atoms with E-state index < -0.39 is 17.4 Å². The number of hydrogen-bond acceptors (Lipinski definition) is 4. The number of hydrogen-bond donors (Lipinski definition) is 0. The van der Waals surface area contributed by atoms with E-state index in [0.29, 0.717) is 0 Å². The first kappa shape index (κ1) is 10.4. The minimum atomic E-state index is -0.746. The van der Waals surface area contributed by atoms with Gasteiger partial charge in [0.2, 0.25) is 11.6 Å². The zero-order valence-electron chi connectivity index (χ0n) is 8.20. The number of aromatic nitrogens is 2. The average Bonchev–Trinajstić information content (AvgIpc) is 2.64. The Labute approximate surface area is 88.9 Å². The van der Waals surface area contributed by atoms with Crippen LogP contribution in [0.25, 0.3) is 11.4 Å². The van der Waals surface area contributed by atoms with Gasteiger partial charge < -0.3 is 4.52 Å². The Morgan fingerprint density at radius 3 is 2.38 bits per heavy atom. The summed E-state index contributed by atoms with van der Waals surface area (Å²) in [7, 11) is 0. The first-order chi connectivity index (χ1) is 7.56. The highest BCUT2D eigenvalue weighted by Crippen LogP contribution is 2.18. The molecule has 0 unspecified atom stereocenters. The summed E-state index contributed by atoms with van der Waals surface area (Å²) in [5, 5.41) is 3.45. The predicted octanol–water partition coefficient (Wildman–Crippen LogP) is 2.22. The van der Waals surface area contributed by atoms with Gasteiger partial charge in [0.1, 0.15) is 11.6 Å². The van der Waals surface area contributed by atoms with Crippen LogP contribution in [0.15, 0.2) is 22.7 Å². The van der Waals surface area contributed by atoms with Crippen LogP contribution in [0.5, 0.6) is 0 Å². The second-order valence-electron chi connectivity index (χ2n) is 3.14. The zero-order chi connectivity index (χ0) is 11.7. The van der Waals surface area contributed by atoms with Crippen LogP contribution in [0.2, 0.25) is 0 Å². The number of Topliss-reactive ketones (excluding diaryl/α,β-unsaturated/α-hetero) is 1. The molecule has 0 N–H and O–H groups in total. The van der Waals surface area contributed by atoms with Gasteiger partial charge in [0.25, 0.3) is 5.89 Å². The van der Waals surface area contributed by atoms with Gasteiger partial charge in [-0.25, -0.2) is 8.78 Å². The van der Waals surface area contributed by atoms with E-state index in [1.165, 1.54) is 6.92 Å². The molecule has 0 aliphatic carbocycles. The SMILES string of the molecule is CC(=O)c1nc(-c2cc(F)cc(F)c2)no1. The van der Waals surface area contributed by atoms with Gasteiger partial charge in [-0.2, -0.15) is 4.98 Å². The Balaban J connectivity index is 2.46. The molecule has 0 saturated carbocycles. The van der Waals surface area contributed by atoms with Crippen molar-refractivity contribution in [3.8, 4) is 11.4 Å². The summed E-state index contributed by atoms with van der Waals surface area (Å²) in [6.07, 6.45) is 0. The van der Waals surface area contributed by atoms with Crippen LogP contribution in [0, 0.1) is 11.6 Å². The molecule has 0 atom stereocenters. The molecule has 0 bridgehead atoms. The highest BCUT2D eigenvalue weighted by atomic mass is 19.1. The lowest BCUT2D eigenvalue weighted by Crippen LogP contribution is -1.91. The van der Waals surface area contributed by atoms with Crippen LogP contribution in [0.3, 0.4) is 0 Å². The highest BCUT2D eigenvalue weighted by Gasteiger charge is 2.13. The van der Waals surface area contributed by atoms with E-state index in [1.54, 1.807) is 0 Å². The number of nitrogens with zero attached hydrogens (tertiary/aromatic N) is 2. The molecule has 0 saturated heterocycles. The van der Waals surface area contributed by atoms with Crippen molar-refractivity contribution < 1.29 is 18.1 Å². The molecule has 1 aromatic heterocycles. The van der Waals surface area contributed by atoms with E-state index in [2.05, 4.69) is 14.7 Å². The van der Waals surface area contributed by atoms with Crippen molar-refractivity contribution in [3.63, 3.8) is 0 Å². The molecule has 0 fully saturated rings. The molecule has 2 aromatic rings. The van der Waals surface area contributed by atoms with Crippen molar-refractivity contribution in [2.75, 3.05) is 0 Å². The summed E-state index contributed by atoms with van der Waals surface area (Å²) in [4.78, 5) is 14.6. The standard InChI is InChI=1S/C10H6F2N2O2/c1-5(15)10-13-9(14-16-10)6-2-7(11)4-8(12)3-6/h2-4H,1H3. The topological polar surface area (TPSA) is 56.0 Å². The zero-order valence-corrected chi connectivity index (χ0v) is 8.20. The van der Waals surface area contributed by atoms with Gasteiger partial charge in [0.05, 0.1) is 0 Å². The number of halogens is 2. The second kappa shape index (κ2) is 3.80. The molecular weight excluding hydrogens is 218 g/mol. The van der Waals surface area contributed by atoms with Gasteiger partial charge in [-0.05, 0) is 12.1 Å². The minimum absolute atomic E-state index is 0.0244. The van der Waals surface area contributed by atoms with Gasteiger partial charge in [-0.15, -0.1) is 0 Å². The third-order valence-electron chi connectivity index (χ3n) is 1.85. The summed E-state index contributed by atoms with van der Waals surface area (Å²) in [5.74, 6) is -2.12. The molecule has 4 nitrogen and oxygen atoms in total. The molecule has 1 heterocycles. The molecule has 0 spiro atoms. The third-order valence-corrected chi connectivity index (χ3v) is 1.85. The van der Waals surface area contributed by atoms with Gasteiger partial charge in [-0.3, -0.25) is 4.79 Å². The smallest absolute Gasteiger partial charge is 0.294 e. The van der Waals surface area contributed by atoms with Crippen molar-refractivity contribution in [3.05, 3.63) is 35.7 Å². The largest absolute Gasteiger partial charge is 0.330 e. The number of benzene rings is 1. The van der Waals surface area contributed by atoms with Crippen molar-refractivity contribution >= 4 is 5.78 Å². The molecule has 2 rings (SSSR count). The van der Waals surface area contributed by atoms with E-state index in [4.69, 9.17) is 0 Å². The maximum absolute atomic E-state index is 12.9. The van der Waals surface area contributed by atoms with Crippen molar-refractivity contribution in [2.24, 2.45) is 0 Å². The van der Waals surface area contributed by atoms with Gasteiger partial charge in [0.15, 0.2) is 0 Å². The summed E-state index contributed by atoms with van der Waals surface area (Å²) in [6, 6.07) is 2.84. The van der Waals surface area contributed by atoms with E-state index in [0.717, 1.165) is 18.2 Å². The molecule has 1 aromatic carbocycles. The Morgan fingerprint density at radius 1 is 1.25 bits per heavy atom. The summed E-state index contributed by atoms with van der Waals surface area (Å²) in [6.45, 7) is 1.25. The lowest BCUT2D eigenvalue weighted by Gasteiger charge is -1.95. The van der Waals surface area contributed by atoms with Crippen molar-refractivity contribution in [1.82, 2.24) is 10.1 Å². The molecule has 6 heteroatoms. The molecule has 82 valence electrons. The lowest BCUT2D eigenvalue weighted by molar-refractivity contribution is 0.0972. The fourth-order valence-corrected chi connectivity index (χ4v) is 1.17. The number of carbonyl (C=O) groups is 1. The predicted molar refractivity (Wildman–Crippen MR) is 49.7 cm³/mol. The van der Waals surface area contributed by atoms with E-state index in [9.17, 15) is 13.6 Å². The van der Waals surface area contributed by atoms with E-state index in [1.807, 2.05) is 0 Å². The van der Waals surface area contributed by atoms with Crippen molar-refractivity contribution in [2.45, 2.75) is 6.92 Å². The Hall–Kier alpha value is -2.11. The minimum Gasteiger partial charge on any atom is -0.330 e. The summed E-state index contributed by atoms with van der Waals surface area (Å²) < 4.78 is 30.4. The van der Waals surface area contributed by atoms with Crippen molar-refractivity contribution in [1.29, 1.82) is 0 Å². The van der Waals surface area contributed by atoms with Crippen LogP contribution in [0.4, 0.5) is 8.78 Å². The second-order valence-corrected chi connectivity index (χ2v) is 3.14. The maximum atomic E-state index is 12.9. The van der Waals surface area contributed by atoms with E-state index >= 15 is 0 Å². The van der Waals surface area contributed by atoms with Gasteiger partial charge in [-0.1, -0.05) is 5.16 Å². The van der Waals surface area contributed by atoms with E-state index in [-0.39, 0.29) is 17.3 Å². The lowest BCUT2D eigenvalue weighted by atomic mass is 10.2. The first-order valence-electron chi connectivity index (χ1n) is 4.37. The number of ketones is 1.